The molecule has 1 heterocycles. The molecule has 0 saturated carbocycles. The fourth-order valence-corrected chi connectivity index (χ4v) is 2.75. The van der Waals surface area contributed by atoms with Gasteiger partial charge in [0.15, 0.2) is 0 Å². The minimum absolute atomic E-state index is 0.00260. The predicted octanol–water partition coefficient (Wildman–Crippen LogP) is 3.50. The quantitative estimate of drug-likeness (QED) is 0.829. The fraction of sp³-hybridized carbons (Fsp3) is 0.579. The van der Waals surface area contributed by atoms with Crippen LogP contribution in [0.2, 0.25) is 0 Å². The highest BCUT2D eigenvalue weighted by Crippen LogP contribution is 2.29. The molecule has 0 atom stereocenters. The van der Waals surface area contributed by atoms with Crippen LogP contribution >= 0.6 is 0 Å². The first-order valence-electron chi connectivity index (χ1n) is 11.0. The highest BCUT2D eigenvalue weighted by atomic mass is 16.6. The van der Waals surface area contributed by atoms with Crippen molar-refractivity contribution in [1.29, 1.82) is 0 Å². The Kier molecular flexibility index (Phi) is 3.47. The molecule has 132 valence electrons. The second kappa shape index (κ2) is 7.24. The molecule has 1 aromatic carbocycles. The molecule has 1 aliphatic heterocycles. The molecule has 0 radical (unpaired) electrons. The SMILES string of the molecule is [2H]C([2H])([2H])N(C(=O)c1ccc(C2CCN(C(=O)OC(C)(C)C)CC2)cc1)C([2H])([2H])[2H]. The van der Waals surface area contributed by atoms with Gasteiger partial charge in [-0.3, -0.25) is 4.79 Å². The van der Waals surface area contributed by atoms with E-state index in [1.54, 1.807) is 17.0 Å². The molecule has 0 bridgehead atoms. The monoisotopic (exact) mass is 338 g/mol. The molecule has 0 unspecified atom stereocenters. The summed E-state index contributed by atoms with van der Waals surface area (Å²) in [4.78, 5) is 26.3. The van der Waals surface area contributed by atoms with Crippen molar-refractivity contribution in [2.75, 3.05) is 27.0 Å². The maximum atomic E-state index is 12.5. The van der Waals surface area contributed by atoms with E-state index >= 15 is 0 Å². The molecule has 0 N–H and O–H groups in total. The number of ether oxygens (including phenoxy) is 1. The average molecular weight is 338 g/mol. The zero-order valence-corrected chi connectivity index (χ0v) is 14.3. The molecule has 5 nitrogen and oxygen atoms in total. The molecule has 2 rings (SSSR count). The van der Waals surface area contributed by atoms with E-state index in [9.17, 15) is 9.59 Å². The number of carbonyl (C=O) groups is 2. The van der Waals surface area contributed by atoms with E-state index < -0.39 is 25.5 Å². The summed E-state index contributed by atoms with van der Waals surface area (Å²) in [6.07, 6.45) is 1.11. The largest absolute Gasteiger partial charge is 0.444 e. The summed E-state index contributed by atoms with van der Waals surface area (Å²) < 4.78 is 49.6. The van der Waals surface area contributed by atoms with Gasteiger partial charge in [0.1, 0.15) is 5.60 Å². The number of nitrogens with zero attached hydrogens (tertiary/aromatic N) is 2. The molecule has 0 spiro atoms. The zero-order chi connectivity index (χ0) is 22.9. The minimum Gasteiger partial charge on any atom is -0.444 e. The predicted molar refractivity (Wildman–Crippen MR) is 94.2 cm³/mol. The van der Waals surface area contributed by atoms with Gasteiger partial charge in [-0.1, -0.05) is 12.1 Å². The second-order valence-electron chi connectivity index (χ2n) is 7.00. The Morgan fingerprint density at radius 1 is 1.17 bits per heavy atom. The van der Waals surface area contributed by atoms with Gasteiger partial charge in [0.05, 0.1) is 0 Å². The first-order valence-corrected chi connectivity index (χ1v) is 8.02. The van der Waals surface area contributed by atoms with Crippen LogP contribution in [0.4, 0.5) is 4.79 Å². The topological polar surface area (TPSA) is 49.9 Å². The molecule has 1 fully saturated rings. The van der Waals surface area contributed by atoms with Crippen LogP contribution in [0.15, 0.2) is 24.3 Å². The van der Waals surface area contributed by atoms with Crippen LogP contribution in [0.5, 0.6) is 0 Å². The van der Waals surface area contributed by atoms with Crippen molar-refractivity contribution in [3.05, 3.63) is 35.4 Å². The van der Waals surface area contributed by atoms with Gasteiger partial charge >= 0.3 is 6.09 Å². The van der Waals surface area contributed by atoms with Gasteiger partial charge < -0.3 is 14.5 Å². The van der Waals surface area contributed by atoms with E-state index in [1.165, 1.54) is 12.1 Å². The summed E-state index contributed by atoms with van der Waals surface area (Å²) in [5, 5.41) is 0. The molecule has 1 saturated heterocycles. The van der Waals surface area contributed by atoms with Crippen molar-refractivity contribution in [2.45, 2.75) is 45.1 Å². The lowest BCUT2D eigenvalue weighted by Crippen LogP contribution is -2.41. The van der Waals surface area contributed by atoms with Gasteiger partial charge in [0.25, 0.3) is 5.91 Å². The molecule has 0 aromatic heterocycles. The third-order valence-electron chi connectivity index (χ3n) is 3.98. The van der Waals surface area contributed by atoms with E-state index in [2.05, 4.69) is 0 Å². The molecule has 1 aliphatic rings. The minimum atomic E-state index is -3.07. The first-order chi connectivity index (χ1) is 13.6. The van der Waals surface area contributed by atoms with E-state index in [-0.39, 0.29) is 22.5 Å². The van der Waals surface area contributed by atoms with E-state index in [4.69, 9.17) is 13.0 Å². The van der Waals surface area contributed by atoms with Gasteiger partial charge in [0, 0.05) is 40.8 Å². The Morgan fingerprint density at radius 3 is 2.25 bits per heavy atom. The van der Waals surface area contributed by atoms with Crippen LogP contribution in [0.1, 0.15) is 63.7 Å². The normalized spacial score (nSPS) is 20.7. The Morgan fingerprint density at radius 2 is 1.75 bits per heavy atom. The van der Waals surface area contributed by atoms with Gasteiger partial charge in [-0.05, 0) is 57.2 Å². The summed E-state index contributed by atoms with van der Waals surface area (Å²) in [6, 6.07) is 6.31. The van der Waals surface area contributed by atoms with Gasteiger partial charge in [-0.25, -0.2) is 4.79 Å². The number of carbonyl (C=O) groups excluding carboxylic acids is 2. The number of benzene rings is 1. The third-order valence-corrected chi connectivity index (χ3v) is 3.98. The summed E-state index contributed by atoms with van der Waals surface area (Å²) in [6.45, 7) is 0.406. The van der Waals surface area contributed by atoms with Crippen LogP contribution in [0.3, 0.4) is 0 Å². The second-order valence-corrected chi connectivity index (χ2v) is 7.00. The number of rotatable bonds is 2. The van der Waals surface area contributed by atoms with Crippen LogP contribution < -0.4 is 0 Å². The van der Waals surface area contributed by atoms with Crippen LogP contribution in [0, 0.1) is 0 Å². The Labute approximate surface area is 153 Å². The highest BCUT2D eigenvalue weighted by Gasteiger charge is 2.27. The lowest BCUT2D eigenvalue weighted by molar-refractivity contribution is 0.0204. The Hall–Kier alpha value is -2.04. The smallest absolute Gasteiger partial charge is 0.410 e. The van der Waals surface area contributed by atoms with Gasteiger partial charge in [-0.2, -0.15) is 0 Å². The fourth-order valence-electron chi connectivity index (χ4n) is 2.75. The standard InChI is InChI=1S/C19H28N2O3/c1-19(2,3)24-18(23)21-12-10-15(11-13-21)14-6-8-16(9-7-14)17(22)20(4)5/h6-9,15H,10-13H2,1-5H3/i4D3,5D3. The van der Waals surface area contributed by atoms with Crippen LogP contribution in [-0.2, 0) is 4.74 Å². The van der Waals surface area contributed by atoms with Crippen LogP contribution in [0.25, 0.3) is 0 Å². The number of likely N-dealkylation sites (tertiary alicyclic amines) is 1. The van der Waals surface area contributed by atoms with E-state index in [1.807, 2.05) is 20.8 Å². The van der Waals surface area contributed by atoms with Crippen molar-refractivity contribution in [1.82, 2.24) is 9.80 Å². The first kappa shape index (κ1) is 11.5. The summed E-state index contributed by atoms with van der Waals surface area (Å²) in [7, 11) is 0. The molecule has 5 heteroatoms. The van der Waals surface area contributed by atoms with Gasteiger partial charge in [-0.15, -0.1) is 0 Å². The van der Waals surface area contributed by atoms with Gasteiger partial charge in [0.2, 0.25) is 0 Å². The van der Waals surface area contributed by atoms with Crippen molar-refractivity contribution in [3.63, 3.8) is 0 Å². The lowest BCUT2D eigenvalue weighted by Gasteiger charge is -2.33. The van der Waals surface area contributed by atoms with Crippen molar-refractivity contribution < 1.29 is 22.6 Å². The molecule has 2 amide bonds. The van der Waals surface area contributed by atoms with Crippen LogP contribution in [-0.4, -0.2) is 54.4 Å². The molecular weight excluding hydrogens is 304 g/mol. The summed E-state index contributed by atoms with van der Waals surface area (Å²) in [5.74, 6) is -0.893. The molecular formula is C19H28N2O3. The third kappa shape index (κ3) is 4.73. The molecule has 0 aliphatic carbocycles. The summed E-state index contributed by atoms with van der Waals surface area (Å²) >= 11 is 0. The maximum absolute atomic E-state index is 12.5. The number of piperidine rings is 1. The van der Waals surface area contributed by atoms with E-state index in [0.29, 0.717) is 13.1 Å². The zero-order valence-electron chi connectivity index (χ0n) is 20.3. The average Bonchev–Trinajstić information content (AvgIpc) is 2.58. The van der Waals surface area contributed by atoms with Crippen molar-refractivity contribution in [3.8, 4) is 0 Å². The lowest BCUT2D eigenvalue weighted by atomic mass is 9.89. The number of hydrogen-bond donors (Lipinski definition) is 0. The summed E-state index contributed by atoms with van der Waals surface area (Å²) in [5.41, 5.74) is 0.398. The van der Waals surface area contributed by atoms with E-state index in [0.717, 1.165) is 18.4 Å². The van der Waals surface area contributed by atoms with Crippen molar-refractivity contribution >= 4 is 12.0 Å². The van der Waals surface area contributed by atoms with Crippen molar-refractivity contribution in [2.24, 2.45) is 0 Å². The maximum Gasteiger partial charge on any atom is 0.410 e. The molecule has 24 heavy (non-hydrogen) atoms. The number of hydrogen-bond acceptors (Lipinski definition) is 3. The Balaban J connectivity index is 2.05. The molecule has 1 aromatic rings. The Bertz CT molecular complexity index is 746. The highest BCUT2D eigenvalue weighted by molar-refractivity contribution is 5.93. The number of amides is 2.